The Morgan fingerprint density at radius 1 is 1.50 bits per heavy atom. The van der Waals surface area contributed by atoms with E-state index < -0.39 is 0 Å². The van der Waals surface area contributed by atoms with Crippen LogP contribution in [0.1, 0.15) is 4.88 Å². The number of ether oxygens (including phenoxy) is 1. The third-order valence-corrected chi connectivity index (χ3v) is 3.32. The van der Waals surface area contributed by atoms with Crippen LogP contribution in [0.15, 0.2) is 18.2 Å². The first kappa shape index (κ1) is 9.32. The summed E-state index contributed by atoms with van der Waals surface area (Å²) in [6.07, 6.45) is 0. The zero-order valence-corrected chi connectivity index (χ0v) is 8.95. The number of hydrogen-bond donors (Lipinski definition) is 0. The lowest BCUT2D eigenvalue weighted by Crippen LogP contribution is -1.82. The minimum Gasteiger partial charge on any atom is -0.495 e. The molecule has 0 saturated carbocycles. The molecule has 1 aromatic heterocycles. The van der Waals surface area contributed by atoms with Crippen LogP contribution in [-0.4, -0.2) is 7.11 Å². The molecule has 0 atom stereocenters. The van der Waals surface area contributed by atoms with Crippen LogP contribution in [0.5, 0.6) is 5.75 Å². The van der Waals surface area contributed by atoms with E-state index in [0.29, 0.717) is 15.6 Å². The lowest BCUT2D eigenvalue weighted by molar-refractivity contribution is 0.415. The Hall–Kier alpha value is -1.24. The van der Waals surface area contributed by atoms with Crippen LogP contribution in [0.3, 0.4) is 0 Å². The zero-order valence-electron chi connectivity index (χ0n) is 7.37. The van der Waals surface area contributed by atoms with Crippen LogP contribution in [-0.2, 0) is 0 Å². The van der Waals surface area contributed by atoms with Gasteiger partial charge in [-0.3, -0.25) is 0 Å². The van der Waals surface area contributed by atoms with Crippen molar-refractivity contribution >= 4 is 33.0 Å². The third kappa shape index (κ3) is 1.33. The highest BCUT2D eigenvalue weighted by Crippen LogP contribution is 2.36. The molecule has 0 unspecified atom stereocenters. The summed E-state index contributed by atoms with van der Waals surface area (Å²) in [6, 6.07) is 7.60. The summed E-state index contributed by atoms with van der Waals surface area (Å²) in [6.45, 7) is 0. The zero-order chi connectivity index (χ0) is 10.1. The van der Waals surface area contributed by atoms with Crippen LogP contribution in [0.4, 0.5) is 0 Å². The first-order valence-corrected chi connectivity index (χ1v) is 5.12. The second-order valence-electron chi connectivity index (χ2n) is 2.72. The number of nitrogens with zero attached hydrogens (tertiary/aromatic N) is 1. The number of halogens is 1. The summed E-state index contributed by atoms with van der Waals surface area (Å²) in [5, 5.41) is 10.2. The first-order valence-electron chi connectivity index (χ1n) is 3.92. The van der Waals surface area contributed by atoms with Gasteiger partial charge in [0.05, 0.1) is 12.1 Å². The lowest BCUT2D eigenvalue weighted by Gasteiger charge is -2.02. The Bertz CT molecular complexity index is 527. The molecule has 14 heavy (non-hydrogen) atoms. The van der Waals surface area contributed by atoms with Crippen LogP contribution in [0.25, 0.3) is 10.1 Å². The molecular formula is C10H6ClNOS. The van der Waals surface area contributed by atoms with Gasteiger partial charge in [0, 0.05) is 10.1 Å². The SMILES string of the molecule is COc1ccc2sc(C#N)cc2c1Cl. The van der Waals surface area contributed by atoms with E-state index in [1.807, 2.05) is 12.1 Å². The van der Waals surface area contributed by atoms with Gasteiger partial charge in [0.1, 0.15) is 16.7 Å². The highest BCUT2D eigenvalue weighted by atomic mass is 35.5. The fraction of sp³-hybridized carbons (Fsp3) is 0.100. The highest BCUT2D eigenvalue weighted by Gasteiger charge is 2.08. The van der Waals surface area contributed by atoms with Crippen molar-refractivity contribution in [2.24, 2.45) is 0 Å². The summed E-state index contributed by atoms with van der Waals surface area (Å²) >= 11 is 7.51. The number of nitriles is 1. The summed E-state index contributed by atoms with van der Waals surface area (Å²) in [5.41, 5.74) is 0. The van der Waals surface area contributed by atoms with Gasteiger partial charge in [-0.1, -0.05) is 11.6 Å². The number of rotatable bonds is 1. The average molecular weight is 224 g/mol. The van der Waals surface area contributed by atoms with Crippen LogP contribution in [0.2, 0.25) is 5.02 Å². The lowest BCUT2D eigenvalue weighted by atomic mass is 10.2. The molecular weight excluding hydrogens is 218 g/mol. The van der Waals surface area contributed by atoms with Crippen molar-refractivity contribution in [1.29, 1.82) is 5.26 Å². The molecule has 0 spiro atoms. The largest absolute Gasteiger partial charge is 0.495 e. The fourth-order valence-corrected chi connectivity index (χ4v) is 2.49. The average Bonchev–Trinajstić information content (AvgIpc) is 2.62. The summed E-state index contributed by atoms with van der Waals surface area (Å²) < 4.78 is 6.09. The number of benzene rings is 1. The van der Waals surface area contributed by atoms with Crippen molar-refractivity contribution in [3.63, 3.8) is 0 Å². The molecule has 2 nitrogen and oxygen atoms in total. The van der Waals surface area contributed by atoms with E-state index in [0.717, 1.165) is 10.1 Å². The second kappa shape index (κ2) is 3.49. The number of fused-ring (bicyclic) bond motifs is 1. The van der Waals surface area contributed by atoms with E-state index in [1.54, 1.807) is 13.2 Å². The molecule has 0 saturated heterocycles. The van der Waals surface area contributed by atoms with E-state index in [9.17, 15) is 0 Å². The van der Waals surface area contributed by atoms with Gasteiger partial charge in [0.25, 0.3) is 0 Å². The first-order chi connectivity index (χ1) is 6.76. The molecule has 1 heterocycles. The van der Waals surface area contributed by atoms with Crippen molar-refractivity contribution < 1.29 is 4.74 Å². The summed E-state index contributed by atoms with van der Waals surface area (Å²) in [5.74, 6) is 0.640. The molecule has 0 aliphatic carbocycles. The Morgan fingerprint density at radius 3 is 2.93 bits per heavy atom. The topological polar surface area (TPSA) is 33.0 Å². The van der Waals surface area contributed by atoms with E-state index in [2.05, 4.69) is 6.07 Å². The van der Waals surface area contributed by atoms with Gasteiger partial charge in [-0.15, -0.1) is 11.3 Å². The van der Waals surface area contributed by atoms with Gasteiger partial charge < -0.3 is 4.74 Å². The molecule has 2 aromatic rings. The predicted octanol–water partition coefficient (Wildman–Crippen LogP) is 3.43. The summed E-state index contributed by atoms with van der Waals surface area (Å²) in [7, 11) is 1.57. The summed E-state index contributed by atoms with van der Waals surface area (Å²) in [4.78, 5) is 0.662. The van der Waals surface area contributed by atoms with Crippen molar-refractivity contribution in [2.75, 3.05) is 7.11 Å². The second-order valence-corrected chi connectivity index (χ2v) is 4.18. The quantitative estimate of drug-likeness (QED) is 0.742. The Balaban J connectivity index is 2.76. The standard InChI is InChI=1S/C10H6ClNOS/c1-13-8-2-3-9-7(10(8)11)4-6(5-12)14-9/h2-4H,1H3. The Morgan fingerprint density at radius 2 is 2.29 bits per heavy atom. The molecule has 0 fully saturated rings. The van der Waals surface area contributed by atoms with Crippen LogP contribution in [0, 0.1) is 11.3 Å². The maximum atomic E-state index is 8.74. The number of methoxy groups -OCH3 is 1. The molecule has 2 rings (SSSR count). The molecule has 0 amide bonds. The minimum atomic E-state index is 0.572. The van der Waals surface area contributed by atoms with E-state index in [-0.39, 0.29) is 0 Å². The van der Waals surface area contributed by atoms with Gasteiger partial charge in [-0.25, -0.2) is 0 Å². The van der Waals surface area contributed by atoms with E-state index >= 15 is 0 Å². The molecule has 70 valence electrons. The van der Waals surface area contributed by atoms with Crippen molar-refractivity contribution in [3.05, 3.63) is 28.1 Å². The van der Waals surface area contributed by atoms with E-state index in [1.165, 1.54) is 11.3 Å². The normalized spacial score (nSPS) is 10.1. The van der Waals surface area contributed by atoms with Gasteiger partial charge in [-0.2, -0.15) is 5.26 Å². The third-order valence-electron chi connectivity index (χ3n) is 1.93. The molecule has 4 heteroatoms. The molecule has 1 aromatic carbocycles. The maximum absolute atomic E-state index is 8.74. The fourth-order valence-electron chi connectivity index (χ4n) is 1.27. The molecule has 0 aliphatic heterocycles. The van der Waals surface area contributed by atoms with Crippen molar-refractivity contribution in [1.82, 2.24) is 0 Å². The van der Waals surface area contributed by atoms with Crippen molar-refractivity contribution in [2.45, 2.75) is 0 Å². The van der Waals surface area contributed by atoms with Gasteiger partial charge in [-0.05, 0) is 18.2 Å². The van der Waals surface area contributed by atoms with Crippen LogP contribution < -0.4 is 4.74 Å². The highest BCUT2D eigenvalue weighted by molar-refractivity contribution is 7.19. The van der Waals surface area contributed by atoms with Gasteiger partial charge >= 0.3 is 0 Å². The number of thiophene rings is 1. The van der Waals surface area contributed by atoms with Crippen LogP contribution >= 0.6 is 22.9 Å². The van der Waals surface area contributed by atoms with Crippen molar-refractivity contribution in [3.8, 4) is 11.8 Å². The Kier molecular flexibility index (Phi) is 2.32. The van der Waals surface area contributed by atoms with Gasteiger partial charge in [0.15, 0.2) is 0 Å². The minimum absolute atomic E-state index is 0.572. The molecule has 0 bridgehead atoms. The van der Waals surface area contributed by atoms with Gasteiger partial charge in [0.2, 0.25) is 0 Å². The molecule has 0 N–H and O–H groups in total. The predicted molar refractivity (Wildman–Crippen MR) is 58.1 cm³/mol. The van der Waals surface area contributed by atoms with E-state index in [4.69, 9.17) is 21.6 Å². The Labute approximate surface area is 90.3 Å². The molecule has 0 radical (unpaired) electrons. The smallest absolute Gasteiger partial charge is 0.138 e. The monoisotopic (exact) mass is 223 g/mol. The number of hydrogen-bond acceptors (Lipinski definition) is 3. The maximum Gasteiger partial charge on any atom is 0.138 e. The molecule has 0 aliphatic rings.